The molecule has 1 saturated heterocycles. The van der Waals surface area contributed by atoms with Gasteiger partial charge in [-0.3, -0.25) is 0 Å². The monoisotopic (exact) mass is 340 g/mol. The second kappa shape index (κ2) is 5.85. The molecule has 1 aliphatic heterocycles. The van der Waals surface area contributed by atoms with Crippen LogP contribution in [0, 0.1) is 0 Å². The molecule has 0 radical (unpaired) electrons. The second-order valence-corrected chi connectivity index (χ2v) is 6.39. The van der Waals surface area contributed by atoms with E-state index >= 15 is 0 Å². The van der Waals surface area contributed by atoms with Crippen LogP contribution in [0.3, 0.4) is 0 Å². The number of benzene rings is 1. The van der Waals surface area contributed by atoms with Crippen molar-refractivity contribution in [2.75, 3.05) is 36.5 Å². The van der Waals surface area contributed by atoms with Gasteiger partial charge in [-0.2, -0.15) is 0 Å². The molecular weight excluding hydrogens is 328 g/mol. The Hall–Kier alpha value is -1.18. The fourth-order valence-electron chi connectivity index (χ4n) is 1.96. The zero-order valence-electron chi connectivity index (χ0n) is 10.2. The van der Waals surface area contributed by atoms with Crippen molar-refractivity contribution < 1.29 is 4.74 Å². The lowest BCUT2D eigenvalue weighted by Crippen LogP contribution is -2.36. The van der Waals surface area contributed by atoms with Gasteiger partial charge in [0, 0.05) is 24.5 Å². The fourth-order valence-corrected chi connectivity index (χ4v) is 2.99. The number of nitrogens with zero attached hydrogens (tertiary/aromatic N) is 3. The Balaban J connectivity index is 1.68. The van der Waals surface area contributed by atoms with Crippen molar-refractivity contribution in [3.63, 3.8) is 0 Å². The van der Waals surface area contributed by atoms with E-state index in [0.29, 0.717) is 0 Å². The van der Waals surface area contributed by atoms with Gasteiger partial charge in [0.25, 0.3) is 0 Å². The molecule has 0 unspecified atom stereocenters. The van der Waals surface area contributed by atoms with Gasteiger partial charge >= 0.3 is 0 Å². The van der Waals surface area contributed by atoms with E-state index in [9.17, 15) is 0 Å². The first-order chi connectivity index (χ1) is 9.31. The molecule has 1 fully saturated rings. The van der Waals surface area contributed by atoms with E-state index in [1.54, 1.807) is 0 Å². The summed E-state index contributed by atoms with van der Waals surface area (Å²) >= 11 is 4.77. The highest BCUT2D eigenvalue weighted by Crippen LogP contribution is 2.25. The van der Waals surface area contributed by atoms with Crippen LogP contribution in [-0.4, -0.2) is 36.5 Å². The number of rotatable bonds is 3. The van der Waals surface area contributed by atoms with Gasteiger partial charge in [-0.15, -0.1) is 10.2 Å². The van der Waals surface area contributed by atoms with Crippen molar-refractivity contribution in [1.82, 2.24) is 10.2 Å². The molecule has 1 aromatic carbocycles. The minimum atomic E-state index is 0.778. The molecule has 1 N–H and O–H groups in total. The van der Waals surface area contributed by atoms with E-state index in [1.165, 1.54) is 17.0 Å². The number of morpholine rings is 1. The number of hydrogen-bond acceptors (Lipinski definition) is 6. The van der Waals surface area contributed by atoms with Gasteiger partial charge in [-0.25, -0.2) is 0 Å². The molecule has 5 nitrogen and oxygen atoms in total. The Morgan fingerprint density at radius 2 is 1.89 bits per heavy atom. The number of ether oxygens (including phenoxy) is 1. The maximum absolute atomic E-state index is 5.35. The summed E-state index contributed by atoms with van der Waals surface area (Å²) in [6.45, 7) is 3.52. The molecule has 2 heterocycles. The van der Waals surface area contributed by atoms with Gasteiger partial charge in [-0.1, -0.05) is 11.3 Å². The maximum Gasteiger partial charge on any atom is 0.210 e. The summed E-state index contributed by atoms with van der Waals surface area (Å²) in [5.41, 5.74) is 2.24. The summed E-state index contributed by atoms with van der Waals surface area (Å²) in [5.74, 6) is 0. The van der Waals surface area contributed by atoms with E-state index in [4.69, 9.17) is 4.74 Å². The Morgan fingerprint density at radius 3 is 2.53 bits per heavy atom. The van der Waals surface area contributed by atoms with Crippen LogP contribution < -0.4 is 10.2 Å². The van der Waals surface area contributed by atoms with Gasteiger partial charge in [0.1, 0.15) is 0 Å². The zero-order chi connectivity index (χ0) is 13.1. The predicted octanol–water partition coefficient (Wildman–Crippen LogP) is 2.88. The molecule has 3 rings (SSSR count). The van der Waals surface area contributed by atoms with Gasteiger partial charge in [0.05, 0.1) is 13.2 Å². The molecule has 19 heavy (non-hydrogen) atoms. The first kappa shape index (κ1) is 12.8. The SMILES string of the molecule is Brc1nnc(Nc2ccc(N3CCOCC3)cc2)s1. The number of aromatic nitrogens is 2. The summed E-state index contributed by atoms with van der Waals surface area (Å²) in [4.78, 5) is 2.33. The Labute approximate surface area is 123 Å². The van der Waals surface area contributed by atoms with Crippen LogP contribution in [0.1, 0.15) is 0 Å². The van der Waals surface area contributed by atoms with Crippen LogP contribution in [0.5, 0.6) is 0 Å². The average Bonchev–Trinajstić information content (AvgIpc) is 2.86. The second-order valence-electron chi connectivity index (χ2n) is 4.13. The third kappa shape index (κ3) is 3.23. The van der Waals surface area contributed by atoms with E-state index in [2.05, 4.69) is 60.6 Å². The van der Waals surface area contributed by atoms with Crippen molar-refractivity contribution in [1.29, 1.82) is 0 Å². The third-order valence-corrected chi connectivity index (χ3v) is 4.17. The molecule has 0 aliphatic carbocycles. The highest BCUT2D eigenvalue weighted by atomic mass is 79.9. The van der Waals surface area contributed by atoms with Crippen LogP contribution in [0.25, 0.3) is 0 Å². The number of hydrogen-bond donors (Lipinski definition) is 1. The minimum Gasteiger partial charge on any atom is -0.378 e. The van der Waals surface area contributed by atoms with Crippen LogP contribution in [0.2, 0.25) is 0 Å². The Kier molecular flexibility index (Phi) is 3.95. The van der Waals surface area contributed by atoms with Crippen molar-refractivity contribution in [2.45, 2.75) is 0 Å². The lowest BCUT2D eigenvalue weighted by atomic mass is 10.2. The third-order valence-electron chi connectivity index (χ3n) is 2.90. The van der Waals surface area contributed by atoms with Crippen molar-refractivity contribution >= 4 is 43.8 Å². The Morgan fingerprint density at radius 1 is 1.16 bits per heavy atom. The summed E-state index contributed by atoms with van der Waals surface area (Å²) in [6, 6.07) is 8.34. The molecule has 100 valence electrons. The van der Waals surface area contributed by atoms with Crippen LogP contribution in [0.4, 0.5) is 16.5 Å². The van der Waals surface area contributed by atoms with Crippen molar-refractivity contribution in [3.8, 4) is 0 Å². The van der Waals surface area contributed by atoms with Gasteiger partial charge < -0.3 is 15.0 Å². The quantitative estimate of drug-likeness (QED) is 0.930. The number of halogens is 1. The summed E-state index contributed by atoms with van der Waals surface area (Å²) in [6.07, 6.45) is 0. The topological polar surface area (TPSA) is 50.3 Å². The van der Waals surface area contributed by atoms with Crippen LogP contribution in [-0.2, 0) is 4.74 Å². The summed E-state index contributed by atoms with van der Waals surface area (Å²) in [7, 11) is 0. The molecular formula is C12H13BrN4OS. The molecule has 0 bridgehead atoms. The molecule has 0 saturated carbocycles. The molecule has 0 amide bonds. The fraction of sp³-hybridized carbons (Fsp3) is 0.333. The summed E-state index contributed by atoms with van der Waals surface area (Å²) in [5, 5.41) is 11.9. The number of anilines is 3. The number of nitrogens with one attached hydrogen (secondary N) is 1. The largest absolute Gasteiger partial charge is 0.378 e. The van der Waals surface area contributed by atoms with E-state index < -0.39 is 0 Å². The van der Waals surface area contributed by atoms with Crippen molar-refractivity contribution in [3.05, 3.63) is 28.2 Å². The van der Waals surface area contributed by atoms with Gasteiger partial charge in [-0.05, 0) is 40.2 Å². The van der Waals surface area contributed by atoms with Gasteiger partial charge in [0.2, 0.25) is 5.13 Å². The van der Waals surface area contributed by atoms with Crippen LogP contribution >= 0.6 is 27.3 Å². The summed E-state index contributed by atoms with van der Waals surface area (Å²) < 4.78 is 6.13. The van der Waals surface area contributed by atoms with E-state index in [1.807, 2.05) is 0 Å². The molecule has 1 aliphatic rings. The predicted molar refractivity (Wildman–Crippen MR) is 80.4 cm³/mol. The highest BCUT2D eigenvalue weighted by Gasteiger charge is 2.10. The maximum atomic E-state index is 5.35. The van der Waals surface area contributed by atoms with E-state index in [-0.39, 0.29) is 0 Å². The first-order valence-electron chi connectivity index (χ1n) is 6.00. The molecule has 1 aromatic heterocycles. The molecule has 7 heteroatoms. The molecule has 0 spiro atoms. The van der Waals surface area contributed by atoms with E-state index in [0.717, 1.165) is 41.0 Å². The Bertz CT molecular complexity index is 539. The van der Waals surface area contributed by atoms with Crippen molar-refractivity contribution in [2.24, 2.45) is 0 Å². The first-order valence-corrected chi connectivity index (χ1v) is 7.61. The standard InChI is InChI=1S/C12H13BrN4OS/c13-11-15-16-12(19-11)14-9-1-3-10(4-2-9)17-5-7-18-8-6-17/h1-4H,5-8H2,(H,14,16). The molecule has 0 atom stereocenters. The molecule has 2 aromatic rings. The lowest BCUT2D eigenvalue weighted by molar-refractivity contribution is 0.122. The minimum absolute atomic E-state index is 0.778. The lowest BCUT2D eigenvalue weighted by Gasteiger charge is -2.28. The average molecular weight is 341 g/mol. The van der Waals surface area contributed by atoms with Crippen LogP contribution in [0.15, 0.2) is 28.2 Å². The smallest absolute Gasteiger partial charge is 0.210 e. The highest BCUT2D eigenvalue weighted by molar-refractivity contribution is 9.11. The normalized spacial score (nSPS) is 15.5. The van der Waals surface area contributed by atoms with Gasteiger partial charge in [0.15, 0.2) is 3.92 Å². The zero-order valence-corrected chi connectivity index (χ0v) is 12.6.